The van der Waals surface area contributed by atoms with Crippen LogP contribution in [0.5, 0.6) is 0 Å². The van der Waals surface area contributed by atoms with Crippen molar-refractivity contribution in [2.45, 2.75) is 58.4 Å². The molecule has 19 heavy (non-hydrogen) atoms. The molecule has 0 radical (unpaired) electrons. The zero-order valence-corrected chi connectivity index (χ0v) is 12.2. The maximum absolute atomic E-state index is 12.0. The van der Waals surface area contributed by atoms with Gasteiger partial charge >= 0.3 is 6.03 Å². The first kappa shape index (κ1) is 14.6. The molecule has 4 nitrogen and oxygen atoms in total. The van der Waals surface area contributed by atoms with Gasteiger partial charge in [0.05, 0.1) is 6.61 Å². The summed E-state index contributed by atoms with van der Waals surface area (Å²) in [5, 5.41) is 15.3. The van der Waals surface area contributed by atoms with Gasteiger partial charge in [-0.2, -0.15) is 0 Å². The van der Waals surface area contributed by atoms with E-state index in [9.17, 15) is 9.90 Å². The molecule has 0 aromatic carbocycles. The first-order valence-electron chi connectivity index (χ1n) is 7.71. The van der Waals surface area contributed by atoms with Gasteiger partial charge in [-0.15, -0.1) is 0 Å². The lowest BCUT2D eigenvalue weighted by molar-refractivity contribution is 0.185. The molecular formula is C15H28N2O2. The van der Waals surface area contributed by atoms with E-state index in [2.05, 4.69) is 24.5 Å². The fourth-order valence-corrected chi connectivity index (χ4v) is 3.19. The number of amides is 2. The number of hydrogen-bond donors (Lipinski definition) is 3. The number of urea groups is 1. The third-order valence-electron chi connectivity index (χ3n) is 4.91. The highest BCUT2D eigenvalue weighted by Crippen LogP contribution is 2.44. The zero-order valence-electron chi connectivity index (χ0n) is 12.2. The summed E-state index contributed by atoms with van der Waals surface area (Å²) in [7, 11) is 0. The Morgan fingerprint density at radius 3 is 2.58 bits per heavy atom. The van der Waals surface area contributed by atoms with Crippen LogP contribution >= 0.6 is 0 Å². The van der Waals surface area contributed by atoms with Gasteiger partial charge in [0.25, 0.3) is 0 Å². The maximum atomic E-state index is 12.0. The van der Waals surface area contributed by atoms with E-state index in [0.29, 0.717) is 24.4 Å². The molecule has 0 saturated heterocycles. The van der Waals surface area contributed by atoms with Crippen molar-refractivity contribution in [2.75, 3.05) is 13.2 Å². The molecule has 2 aliphatic carbocycles. The molecule has 2 amide bonds. The number of aliphatic hydroxyl groups excluding tert-OH is 1. The van der Waals surface area contributed by atoms with Crippen molar-refractivity contribution < 1.29 is 9.90 Å². The van der Waals surface area contributed by atoms with Crippen LogP contribution < -0.4 is 10.6 Å². The van der Waals surface area contributed by atoms with Gasteiger partial charge in [0.15, 0.2) is 0 Å². The van der Waals surface area contributed by atoms with Crippen LogP contribution in [0.15, 0.2) is 0 Å². The Labute approximate surface area is 116 Å². The summed E-state index contributed by atoms with van der Waals surface area (Å²) >= 11 is 0. The lowest BCUT2D eigenvalue weighted by atomic mass is 9.78. The molecule has 0 bridgehead atoms. The van der Waals surface area contributed by atoms with E-state index in [0.717, 1.165) is 19.3 Å². The Hall–Kier alpha value is -0.770. The molecule has 2 atom stereocenters. The van der Waals surface area contributed by atoms with E-state index in [-0.39, 0.29) is 18.1 Å². The molecule has 2 aliphatic rings. The van der Waals surface area contributed by atoms with Crippen LogP contribution in [-0.4, -0.2) is 30.3 Å². The minimum atomic E-state index is -0.0581. The van der Waals surface area contributed by atoms with E-state index < -0.39 is 0 Å². The molecule has 3 N–H and O–H groups in total. The number of carbonyl (C=O) groups excluding carboxylic acids is 1. The molecule has 110 valence electrons. The van der Waals surface area contributed by atoms with Crippen molar-refractivity contribution >= 4 is 6.03 Å². The maximum Gasteiger partial charge on any atom is 0.315 e. The second-order valence-electron chi connectivity index (χ2n) is 6.78. The van der Waals surface area contributed by atoms with Gasteiger partial charge in [0, 0.05) is 18.0 Å². The Bertz CT molecular complexity index is 313. The minimum absolute atomic E-state index is 0.0125. The third-order valence-corrected chi connectivity index (χ3v) is 4.91. The number of aliphatic hydroxyl groups is 1. The van der Waals surface area contributed by atoms with E-state index in [1.807, 2.05) is 0 Å². The molecular weight excluding hydrogens is 240 g/mol. The first-order chi connectivity index (χ1) is 9.06. The van der Waals surface area contributed by atoms with Crippen molar-refractivity contribution in [3.05, 3.63) is 0 Å². The second kappa shape index (κ2) is 6.12. The number of hydrogen-bond acceptors (Lipinski definition) is 2. The monoisotopic (exact) mass is 268 g/mol. The van der Waals surface area contributed by atoms with Crippen molar-refractivity contribution in [3.8, 4) is 0 Å². The summed E-state index contributed by atoms with van der Waals surface area (Å²) in [5.41, 5.74) is -0.0125. The van der Waals surface area contributed by atoms with Crippen molar-refractivity contribution in [2.24, 2.45) is 17.3 Å². The minimum Gasteiger partial charge on any atom is -0.396 e. The van der Waals surface area contributed by atoms with Crippen molar-refractivity contribution in [3.63, 3.8) is 0 Å². The Balaban J connectivity index is 1.77. The lowest BCUT2D eigenvalue weighted by Gasteiger charge is -2.35. The normalized spacial score (nSPS) is 29.1. The lowest BCUT2D eigenvalue weighted by Crippen LogP contribution is -2.49. The highest BCUT2D eigenvalue weighted by molar-refractivity contribution is 5.74. The van der Waals surface area contributed by atoms with Gasteiger partial charge in [-0.3, -0.25) is 0 Å². The molecule has 2 saturated carbocycles. The van der Waals surface area contributed by atoms with Gasteiger partial charge in [-0.05, 0) is 37.5 Å². The largest absolute Gasteiger partial charge is 0.396 e. The van der Waals surface area contributed by atoms with Crippen LogP contribution in [-0.2, 0) is 0 Å². The summed E-state index contributed by atoms with van der Waals surface area (Å²) in [6, 6.07) is 0.260. The molecule has 0 aliphatic heterocycles. The number of nitrogens with one attached hydrogen (secondary N) is 2. The van der Waals surface area contributed by atoms with Crippen molar-refractivity contribution in [1.29, 1.82) is 0 Å². The first-order valence-corrected chi connectivity index (χ1v) is 7.71. The molecule has 0 heterocycles. The fraction of sp³-hybridized carbons (Fsp3) is 0.933. The SMILES string of the molecule is CC(C)C1CCCCC1NC(=O)NCC1(CO)CC1. The predicted octanol–water partition coefficient (Wildman–Crippen LogP) is 2.27. The van der Waals surface area contributed by atoms with E-state index in [1.165, 1.54) is 19.3 Å². The van der Waals surface area contributed by atoms with Crippen LogP contribution in [0.25, 0.3) is 0 Å². The predicted molar refractivity (Wildman–Crippen MR) is 75.9 cm³/mol. The summed E-state index contributed by atoms with van der Waals surface area (Å²) in [4.78, 5) is 12.0. The van der Waals surface area contributed by atoms with Gasteiger partial charge in [0.2, 0.25) is 0 Å². The Morgan fingerprint density at radius 1 is 1.32 bits per heavy atom. The molecule has 2 rings (SSSR count). The number of rotatable bonds is 5. The van der Waals surface area contributed by atoms with Crippen LogP contribution in [0.3, 0.4) is 0 Å². The zero-order chi connectivity index (χ0) is 13.9. The third kappa shape index (κ3) is 3.85. The van der Waals surface area contributed by atoms with E-state index in [1.54, 1.807) is 0 Å². The van der Waals surface area contributed by atoms with Gasteiger partial charge in [-0.1, -0.05) is 26.7 Å². The smallest absolute Gasteiger partial charge is 0.315 e. The molecule has 2 fully saturated rings. The van der Waals surface area contributed by atoms with Gasteiger partial charge < -0.3 is 15.7 Å². The van der Waals surface area contributed by atoms with Gasteiger partial charge in [0.1, 0.15) is 0 Å². The molecule has 2 unspecified atom stereocenters. The average molecular weight is 268 g/mol. The van der Waals surface area contributed by atoms with Crippen LogP contribution in [0.2, 0.25) is 0 Å². The summed E-state index contributed by atoms with van der Waals surface area (Å²) < 4.78 is 0. The van der Waals surface area contributed by atoms with Crippen LogP contribution in [0.1, 0.15) is 52.4 Å². The van der Waals surface area contributed by atoms with Crippen molar-refractivity contribution in [1.82, 2.24) is 10.6 Å². The molecule has 0 aromatic rings. The molecule has 0 aromatic heterocycles. The Morgan fingerprint density at radius 2 is 2.00 bits per heavy atom. The molecule has 0 spiro atoms. The quantitative estimate of drug-likeness (QED) is 0.716. The highest BCUT2D eigenvalue weighted by atomic mass is 16.3. The Kier molecular flexibility index (Phi) is 4.71. The fourth-order valence-electron chi connectivity index (χ4n) is 3.19. The van der Waals surface area contributed by atoms with E-state index in [4.69, 9.17) is 0 Å². The summed E-state index contributed by atoms with van der Waals surface area (Å²) in [5.74, 6) is 1.23. The standard InChI is InChI=1S/C15H28N2O2/c1-11(2)12-5-3-4-6-13(12)17-14(19)16-9-15(10-18)7-8-15/h11-13,18H,3-10H2,1-2H3,(H2,16,17,19). The topological polar surface area (TPSA) is 61.4 Å². The van der Waals surface area contributed by atoms with Gasteiger partial charge in [-0.25, -0.2) is 4.79 Å². The van der Waals surface area contributed by atoms with Crippen LogP contribution in [0, 0.1) is 17.3 Å². The summed E-state index contributed by atoms with van der Waals surface area (Å²) in [6.07, 6.45) is 6.89. The summed E-state index contributed by atoms with van der Waals surface area (Å²) in [6.45, 7) is 5.28. The second-order valence-corrected chi connectivity index (χ2v) is 6.78. The molecule has 4 heteroatoms. The number of carbonyl (C=O) groups is 1. The average Bonchev–Trinajstić information content (AvgIpc) is 3.17. The van der Waals surface area contributed by atoms with E-state index >= 15 is 0 Å². The van der Waals surface area contributed by atoms with Crippen LogP contribution in [0.4, 0.5) is 4.79 Å². The highest BCUT2D eigenvalue weighted by Gasteiger charge is 2.42.